The van der Waals surface area contributed by atoms with Crippen LogP contribution in [0, 0.1) is 17.8 Å². The van der Waals surface area contributed by atoms with Crippen LogP contribution in [0.2, 0.25) is 0 Å². The van der Waals surface area contributed by atoms with Crippen LogP contribution in [0.3, 0.4) is 0 Å². The maximum absolute atomic E-state index is 12.2. The van der Waals surface area contributed by atoms with E-state index >= 15 is 0 Å². The molecule has 2 saturated heterocycles. The van der Waals surface area contributed by atoms with E-state index in [1.165, 1.54) is 4.90 Å². The van der Waals surface area contributed by atoms with E-state index in [0.29, 0.717) is 52.0 Å². The number of aliphatic hydroxyl groups excluding tert-OH is 1. The minimum Gasteiger partial charge on any atom is -0.466 e. The summed E-state index contributed by atoms with van der Waals surface area (Å²) in [6.45, 7) is 8.62. The van der Waals surface area contributed by atoms with Gasteiger partial charge < -0.3 is 33.9 Å². The summed E-state index contributed by atoms with van der Waals surface area (Å²) in [5.74, 6) is -1.07. The molecule has 2 fully saturated rings. The van der Waals surface area contributed by atoms with Crippen LogP contribution < -0.4 is 0 Å². The molecule has 2 aliphatic rings. The Morgan fingerprint density at radius 3 is 1.52 bits per heavy atom. The highest BCUT2D eigenvalue weighted by atomic mass is 16.6. The SMILES string of the molecule is CCOC(=O)C1CCN(C(=O)OCc2ccccc2)CCC1C.CCOC(=O)C1CCN(C(=O)OCc2ccccc2)CCC1O. The number of esters is 2. The average molecular weight is 641 g/mol. The van der Waals surface area contributed by atoms with Crippen molar-refractivity contribution in [3.63, 3.8) is 0 Å². The molecule has 2 heterocycles. The molecule has 0 aromatic heterocycles. The Morgan fingerprint density at radius 2 is 1.04 bits per heavy atom. The van der Waals surface area contributed by atoms with E-state index in [4.69, 9.17) is 18.9 Å². The second-order valence-corrected chi connectivity index (χ2v) is 11.5. The molecule has 11 nitrogen and oxygen atoms in total. The number of nitrogens with zero attached hydrogens (tertiary/aromatic N) is 2. The second kappa shape index (κ2) is 19.4. The van der Waals surface area contributed by atoms with Crippen LogP contribution in [-0.4, -0.2) is 84.5 Å². The first-order valence-electron chi connectivity index (χ1n) is 16.2. The summed E-state index contributed by atoms with van der Waals surface area (Å²) < 4.78 is 20.8. The minimum atomic E-state index is -0.791. The highest BCUT2D eigenvalue weighted by Gasteiger charge is 2.33. The lowest BCUT2D eigenvalue weighted by atomic mass is 9.90. The van der Waals surface area contributed by atoms with E-state index in [1.54, 1.807) is 11.8 Å². The van der Waals surface area contributed by atoms with Crippen LogP contribution in [0.15, 0.2) is 60.7 Å². The molecule has 46 heavy (non-hydrogen) atoms. The van der Waals surface area contributed by atoms with Gasteiger partial charge in [0.05, 0.1) is 31.2 Å². The molecule has 0 radical (unpaired) electrons. The summed E-state index contributed by atoms with van der Waals surface area (Å²) in [6.07, 6.45) is 0.589. The number of aliphatic hydroxyl groups is 1. The minimum absolute atomic E-state index is 0.137. The van der Waals surface area contributed by atoms with Crippen molar-refractivity contribution >= 4 is 24.1 Å². The second-order valence-electron chi connectivity index (χ2n) is 11.5. The van der Waals surface area contributed by atoms with Gasteiger partial charge in [-0.2, -0.15) is 0 Å². The summed E-state index contributed by atoms with van der Waals surface area (Å²) in [7, 11) is 0. The van der Waals surface area contributed by atoms with E-state index in [0.717, 1.165) is 17.5 Å². The van der Waals surface area contributed by atoms with Crippen LogP contribution in [0.25, 0.3) is 0 Å². The molecule has 1 N–H and O–H groups in total. The number of carbonyl (C=O) groups is 4. The maximum atomic E-state index is 12.2. The lowest BCUT2D eigenvalue weighted by Gasteiger charge is -2.20. The predicted octanol–water partition coefficient (Wildman–Crippen LogP) is 5.19. The molecule has 0 aliphatic carbocycles. The molecule has 4 unspecified atom stereocenters. The summed E-state index contributed by atoms with van der Waals surface area (Å²) in [6, 6.07) is 19.1. The fourth-order valence-electron chi connectivity index (χ4n) is 5.45. The zero-order valence-corrected chi connectivity index (χ0v) is 27.2. The first kappa shape index (κ1) is 36.3. The van der Waals surface area contributed by atoms with Crippen molar-refractivity contribution < 1.29 is 43.2 Å². The molecular formula is C35H48N2O9. The highest BCUT2D eigenvalue weighted by molar-refractivity contribution is 5.74. The Balaban J connectivity index is 0.000000250. The Labute approximate surface area is 271 Å². The number of amides is 2. The van der Waals surface area contributed by atoms with E-state index < -0.39 is 24.1 Å². The standard InChI is InChI=1S/C18H25NO4.C17H23NO5/c1-3-22-17(20)16-10-12-19(11-9-14(16)2)18(21)23-13-15-7-5-4-6-8-15;1-2-22-16(20)14-8-10-18(11-9-15(14)19)17(21)23-12-13-6-4-3-5-7-13/h4-8,14,16H,3,9-13H2,1-2H3;3-7,14-15,19H,2,8-12H2,1H3. The molecule has 2 aromatic rings. The number of carbonyl (C=O) groups excluding carboxylic acids is 4. The molecule has 2 amide bonds. The fourth-order valence-corrected chi connectivity index (χ4v) is 5.45. The van der Waals surface area contributed by atoms with Crippen LogP contribution in [0.5, 0.6) is 0 Å². The molecule has 4 rings (SSSR count). The van der Waals surface area contributed by atoms with Crippen molar-refractivity contribution in [1.29, 1.82) is 0 Å². The number of hydrogen-bond donors (Lipinski definition) is 1. The molecule has 252 valence electrons. The molecular weight excluding hydrogens is 592 g/mol. The molecule has 0 bridgehead atoms. The van der Waals surface area contributed by atoms with E-state index in [2.05, 4.69) is 0 Å². The van der Waals surface area contributed by atoms with Crippen molar-refractivity contribution in [2.45, 2.75) is 65.8 Å². The molecule has 0 spiro atoms. The normalized spacial score (nSPS) is 21.4. The predicted molar refractivity (Wildman–Crippen MR) is 170 cm³/mol. The molecule has 2 aliphatic heterocycles. The third-order valence-electron chi connectivity index (χ3n) is 8.23. The number of ether oxygens (including phenoxy) is 4. The number of hydrogen-bond acceptors (Lipinski definition) is 9. The summed E-state index contributed by atoms with van der Waals surface area (Å²) in [4.78, 5) is 51.4. The van der Waals surface area contributed by atoms with Gasteiger partial charge in [-0.15, -0.1) is 0 Å². The summed E-state index contributed by atoms with van der Waals surface area (Å²) in [5.41, 5.74) is 1.88. The van der Waals surface area contributed by atoms with Crippen LogP contribution in [-0.2, 0) is 41.8 Å². The van der Waals surface area contributed by atoms with Crippen molar-refractivity contribution in [3.05, 3.63) is 71.8 Å². The first-order valence-corrected chi connectivity index (χ1v) is 16.2. The molecule has 11 heteroatoms. The third-order valence-corrected chi connectivity index (χ3v) is 8.23. The van der Waals surface area contributed by atoms with Crippen molar-refractivity contribution in [2.24, 2.45) is 17.8 Å². The van der Waals surface area contributed by atoms with E-state index in [1.807, 2.05) is 74.5 Å². The smallest absolute Gasteiger partial charge is 0.410 e. The van der Waals surface area contributed by atoms with Gasteiger partial charge in [0, 0.05) is 26.2 Å². The quantitative estimate of drug-likeness (QED) is 0.306. The zero-order chi connectivity index (χ0) is 33.3. The van der Waals surface area contributed by atoms with Crippen LogP contribution >= 0.6 is 0 Å². The average Bonchev–Trinajstić information content (AvgIpc) is 3.39. The monoisotopic (exact) mass is 640 g/mol. The third kappa shape index (κ3) is 11.7. The van der Waals surface area contributed by atoms with Gasteiger partial charge in [-0.25, -0.2) is 9.59 Å². The Kier molecular flexibility index (Phi) is 15.3. The highest BCUT2D eigenvalue weighted by Crippen LogP contribution is 2.26. The summed E-state index contributed by atoms with van der Waals surface area (Å²) in [5, 5.41) is 10.1. The van der Waals surface area contributed by atoms with Crippen molar-refractivity contribution in [3.8, 4) is 0 Å². The fraction of sp³-hybridized carbons (Fsp3) is 0.543. The molecule has 4 atom stereocenters. The van der Waals surface area contributed by atoms with Gasteiger partial charge in [0.1, 0.15) is 13.2 Å². The van der Waals surface area contributed by atoms with Crippen LogP contribution in [0.4, 0.5) is 9.59 Å². The Morgan fingerprint density at radius 1 is 0.630 bits per heavy atom. The van der Waals surface area contributed by atoms with Gasteiger partial charge in [0.15, 0.2) is 0 Å². The van der Waals surface area contributed by atoms with E-state index in [-0.39, 0.29) is 43.7 Å². The van der Waals surface area contributed by atoms with Gasteiger partial charge >= 0.3 is 24.1 Å². The lowest BCUT2D eigenvalue weighted by Crippen LogP contribution is -2.32. The molecule has 2 aromatic carbocycles. The number of rotatable bonds is 8. The molecule has 0 saturated carbocycles. The Hall–Kier alpha value is -4.12. The van der Waals surface area contributed by atoms with Gasteiger partial charge in [-0.3, -0.25) is 9.59 Å². The van der Waals surface area contributed by atoms with Gasteiger partial charge in [0.2, 0.25) is 0 Å². The lowest BCUT2D eigenvalue weighted by molar-refractivity contribution is -0.152. The Bertz CT molecular complexity index is 1130. The van der Waals surface area contributed by atoms with Crippen LogP contribution in [0.1, 0.15) is 57.6 Å². The van der Waals surface area contributed by atoms with E-state index in [9.17, 15) is 24.3 Å². The largest absolute Gasteiger partial charge is 0.466 e. The number of benzene rings is 2. The number of likely N-dealkylation sites (tertiary alicyclic amines) is 2. The topological polar surface area (TPSA) is 132 Å². The van der Waals surface area contributed by atoms with Gasteiger partial charge in [0.25, 0.3) is 0 Å². The van der Waals surface area contributed by atoms with Gasteiger partial charge in [-0.05, 0) is 56.6 Å². The zero-order valence-electron chi connectivity index (χ0n) is 27.2. The van der Waals surface area contributed by atoms with Crippen molar-refractivity contribution in [1.82, 2.24) is 9.80 Å². The maximum Gasteiger partial charge on any atom is 0.410 e. The first-order chi connectivity index (χ1) is 22.2. The van der Waals surface area contributed by atoms with Gasteiger partial charge in [-0.1, -0.05) is 67.6 Å². The van der Waals surface area contributed by atoms with Crippen molar-refractivity contribution in [2.75, 3.05) is 39.4 Å². The summed E-state index contributed by atoms with van der Waals surface area (Å²) >= 11 is 0.